The molecule has 0 N–H and O–H groups in total. The van der Waals surface area contributed by atoms with E-state index in [9.17, 15) is 0 Å². The summed E-state index contributed by atoms with van der Waals surface area (Å²) in [6.45, 7) is 4.21. The van der Waals surface area contributed by atoms with E-state index in [-0.39, 0.29) is 0 Å². The Balaban J connectivity index is 2.04. The van der Waals surface area contributed by atoms with E-state index in [1.165, 1.54) is 0 Å². The van der Waals surface area contributed by atoms with Gasteiger partial charge < -0.3 is 14.2 Å². The maximum Gasteiger partial charge on any atom is 0.191 e. The van der Waals surface area contributed by atoms with Crippen molar-refractivity contribution in [3.63, 3.8) is 0 Å². The van der Waals surface area contributed by atoms with Crippen LogP contribution in [0.25, 0.3) is 11.3 Å². The van der Waals surface area contributed by atoms with Crippen LogP contribution in [0.4, 0.5) is 10.9 Å². The highest BCUT2D eigenvalue weighted by atomic mass is 32.1. The first kappa shape index (κ1) is 19.9. The topological polar surface area (TPSA) is 43.2 Å². The molecule has 0 aliphatic carbocycles. The quantitative estimate of drug-likeness (QED) is 0.588. The smallest absolute Gasteiger partial charge is 0.191 e. The average molecular weight is 395 g/mol. The van der Waals surface area contributed by atoms with Gasteiger partial charge in [0.15, 0.2) is 5.13 Å². The number of hydrogen-bond acceptors (Lipinski definition) is 5. The molecular formula is C22H26N4OS. The number of benzene rings is 1. The van der Waals surface area contributed by atoms with Gasteiger partial charge in [-0.05, 0) is 49.2 Å². The van der Waals surface area contributed by atoms with E-state index >= 15 is 0 Å². The molecule has 0 unspecified atom stereocenters. The predicted molar refractivity (Wildman–Crippen MR) is 117 cm³/mol. The minimum absolute atomic E-state index is 0.831. The van der Waals surface area contributed by atoms with Gasteiger partial charge in [-0.2, -0.15) is 0 Å². The molecule has 28 heavy (non-hydrogen) atoms. The monoisotopic (exact) mass is 394 g/mol. The molecule has 146 valence electrons. The van der Waals surface area contributed by atoms with E-state index in [1.807, 2.05) is 43.6 Å². The molecule has 0 saturated heterocycles. The van der Waals surface area contributed by atoms with Gasteiger partial charge in [-0.3, -0.25) is 4.98 Å². The van der Waals surface area contributed by atoms with E-state index < -0.39 is 0 Å². The average Bonchev–Trinajstić information content (AvgIpc) is 3.21. The molecule has 6 heteroatoms. The van der Waals surface area contributed by atoms with Crippen molar-refractivity contribution < 1.29 is 4.74 Å². The van der Waals surface area contributed by atoms with Gasteiger partial charge in [0.25, 0.3) is 0 Å². The van der Waals surface area contributed by atoms with Crippen molar-refractivity contribution in [3.05, 3.63) is 65.4 Å². The van der Waals surface area contributed by atoms with Crippen molar-refractivity contribution in [3.8, 4) is 17.0 Å². The lowest BCUT2D eigenvalue weighted by Gasteiger charge is -2.20. The highest BCUT2D eigenvalue weighted by Gasteiger charge is 2.15. The number of aromatic nitrogens is 3. The lowest BCUT2D eigenvalue weighted by atomic mass is 10.2. The number of rotatable bonds is 5. The maximum absolute atomic E-state index is 5.24. The summed E-state index contributed by atoms with van der Waals surface area (Å²) >= 11 is 1.62. The van der Waals surface area contributed by atoms with Crippen LogP contribution in [-0.4, -0.2) is 28.7 Å². The second-order valence-electron chi connectivity index (χ2n) is 6.55. The second-order valence-corrected chi connectivity index (χ2v) is 7.38. The molecule has 2 heterocycles. The number of ether oxygens (including phenoxy) is 1. The number of thiazole rings is 1. The zero-order chi connectivity index (χ0) is 20.1. The van der Waals surface area contributed by atoms with E-state index in [1.54, 1.807) is 18.4 Å². The van der Waals surface area contributed by atoms with Gasteiger partial charge in [0.05, 0.1) is 18.5 Å². The molecule has 0 spiro atoms. The Morgan fingerprint density at radius 3 is 2.61 bits per heavy atom. The van der Waals surface area contributed by atoms with Gasteiger partial charge in [-0.15, -0.1) is 11.3 Å². The minimum Gasteiger partial charge on any atom is -0.497 e. The van der Waals surface area contributed by atoms with Crippen LogP contribution in [0, 0.1) is 6.92 Å². The molecule has 0 radical (unpaired) electrons. The van der Waals surface area contributed by atoms with Crippen LogP contribution in [0.2, 0.25) is 0 Å². The van der Waals surface area contributed by atoms with Crippen LogP contribution in [-0.2, 0) is 13.5 Å². The van der Waals surface area contributed by atoms with Crippen molar-refractivity contribution in [1.29, 1.82) is 0 Å². The first-order chi connectivity index (χ1) is 13.5. The van der Waals surface area contributed by atoms with Gasteiger partial charge in [0, 0.05) is 37.4 Å². The molecule has 5 nitrogen and oxygen atoms in total. The molecule has 0 bridgehead atoms. The summed E-state index contributed by atoms with van der Waals surface area (Å²) in [5, 5.41) is 3.01. The van der Waals surface area contributed by atoms with Crippen molar-refractivity contribution in [1.82, 2.24) is 14.5 Å². The van der Waals surface area contributed by atoms with E-state index in [0.717, 1.165) is 45.6 Å². The number of methoxy groups -OCH3 is 1. The summed E-state index contributed by atoms with van der Waals surface area (Å²) in [6, 6.07) is 12.0. The standard InChI is InChI=1S/C22H26N4OS/c1-6-19-21(25(3)14-16(2)8-7-13-23-19)26(4)22-24-20(15-28-22)17-9-11-18(27-5)12-10-17/h7-15H,6H2,1-5H3. The van der Waals surface area contributed by atoms with E-state index in [2.05, 4.69) is 53.0 Å². The van der Waals surface area contributed by atoms with Gasteiger partial charge in [0.1, 0.15) is 11.6 Å². The first-order valence-electron chi connectivity index (χ1n) is 9.22. The van der Waals surface area contributed by atoms with Crippen molar-refractivity contribution in [2.75, 3.05) is 19.1 Å². The van der Waals surface area contributed by atoms with E-state index in [0.29, 0.717) is 0 Å². The first-order valence-corrected chi connectivity index (χ1v) is 10.1. The Hall–Kier alpha value is -2.86. The maximum atomic E-state index is 5.24. The highest BCUT2D eigenvalue weighted by Crippen LogP contribution is 2.32. The number of hydrogen-bond donors (Lipinski definition) is 0. The third-order valence-electron chi connectivity index (χ3n) is 4.48. The molecule has 1 aromatic carbocycles. The van der Waals surface area contributed by atoms with Crippen LogP contribution < -0.4 is 9.64 Å². The Kier molecular flexibility index (Phi) is 6.31. The lowest BCUT2D eigenvalue weighted by Crippen LogP contribution is -2.17. The normalized spacial score (nSPS) is 10.5. The lowest BCUT2D eigenvalue weighted by molar-refractivity contribution is 0.415. The van der Waals surface area contributed by atoms with Crippen molar-refractivity contribution in [2.24, 2.45) is 7.05 Å². The summed E-state index contributed by atoms with van der Waals surface area (Å²) in [6.07, 6.45) is 4.80. The molecule has 0 amide bonds. The molecule has 0 aliphatic heterocycles. The van der Waals surface area contributed by atoms with Crippen LogP contribution in [0.5, 0.6) is 5.75 Å². The third kappa shape index (κ3) is 4.34. The summed E-state index contributed by atoms with van der Waals surface area (Å²) in [4.78, 5) is 11.7. The van der Waals surface area contributed by atoms with Crippen LogP contribution in [0.15, 0.2) is 54.2 Å². The Morgan fingerprint density at radius 2 is 1.93 bits per heavy atom. The fraction of sp³-hybridized carbons (Fsp3) is 0.273. The highest BCUT2D eigenvalue weighted by molar-refractivity contribution is 7.14. The summed E-state index contributed by atoms with van der Waals surface area (Å²) < 4.78 is 7.36. The van der Waals surface area contributed by atoms with Gasteiger partial charge in [-0.1, -0.05) is 13.0 Å². The fourth-order valence-electron chi connectivity index (χ4n) is 3.08. The van der Waals surface area contributed by atoms with Crippen molar-refractivity contribution in [2.45, 2.75) is 20.3 Å². The minimum atomic E-state index is 0.831. The summed E-state index contributed by atoms with van der Waals surface area (Å²) in [5.74, 6) is 1.87. The molecule has 3 rings (SSSR count). The van der Waals surface area contributed by atoms with Gasteiger partial charge >= 0.3 is 0 Å². The zero-order valence-corrected chi connectivity index (χ0v) is 17.8. The molecule has 0 atom stereocenters. The number of nitrogens with zero attached hydrogens (tertiary/aromatic N) is 4. The molecule has 3 aromatic rings. The second kappa shape index (κ2) is 8.89. The summed E-state index contributed by atoms with van der Waals surface area (Å²) in [5.41, 5.74) is 4.20. The number of anilines is 2. The largest absolute Gasteiger partial charge is 0.497 e. The zero-order valence-electron chi connectivity index (χ0n) is 17.0. The van der Waals surface area contributed by atoms with Gasteiger partial charge in [0.2, 0.25) is 0 Å². The molecule has 0 fully saturated rings. The number of aryl methyl sites for hydroxylation is 3. The van der Waals surface area contributed by atoms with Crippen molar-refractivity contribution >= 4 is 22.3 Å². The Labute approximate surface area is 170 Å². The van der Waals surface area contributed by atoms with Crippen LogP contribution >= 0.6 is 11.3 Å². The summed E-state index contributed by atoms with van der Waals surface area (Å²) in [7, 11) is 5.77. The fourth-order valence-corrected chi connectivity index (χ4v) is 3.88. The molecule has 0 aliphatic rings. The van der Waals surface area contributed by atoms with Crippen LogP contribution in [0.3, 0.4) is 0 Å². The Bertz CT molecular complexity index is 990. The third-order valence-corrected chi connectivity index (χ3v) is 5.40. The van der Waals surface area contributed by atoms with Gasteiger partial charge in [-0.25, -0.2) is 4.98 Å². The predicted octanol–water partition coefficient (Wildman–Crippen LogP) is 5.32. The molecule has 0 saturated carbocycles. The Morgan fingerprint density at radius 1 is 1.18 bits per heavy atom. The molecule has 2 aromatic heterocycles. The van der Waals surface area contributed by atoms with E-state index in [4.69, 9.17) is 9.72 Å². The van der Waals surface area contributed by atoms with Crippen LogP contribution in [0.1, 0.15) is 18.2 Å². The SMILES string of the molecule is CCc1ncccc(C)cn(C)c1N(C)c1nc(-c2ccc(OC)cc2)cs1. The molecular weight excluding hydrogens is 368 g/mol.